The molecule has 0 fully saturated rings. The predicted molar refractivity (Wildman–Crippen MR) is 80.9 cm³/mol. The number of aliphatic hydroxyl groups excluding tert-OH is 1. The lowest BCUT2D eigenvalue weighted by Crippen LogP contribution is -2.12. The third-order valence-electron chi connectivity index (χ3n) is 2.91. The molecule has 5 heteroatoms. The van der Waals surface area contributed by atoms with E-state index in [0.717, 1.165) is 5.56 Å². The van der Waals surface area contributed by atoms with E-state index in [1.54, 1.807) is 43.3 Å². The number of amides is 1. The minimum atomic E-state index is -0.532. The van der Waals surface area contributed by atoms with Crippen molar-refractivity contribution in [1.82, 2.24) is 0 Å². The quantitative estimate of drug-likeness (QED) is 0.760. The second kappa shape index (κ2) is 5.94. The Morgan fingerprint density at radius 1 is 1.25 bits per heavy atom. The van der Waals surface area contributed by atoms with Crippen LogP contribution in [0.2, 0.25) is 5.02 Å². The molecule has 0 aliphatic heterocycles. The zero-order valence-corrected chi connectivity index (χ0v) is 11.7. The van der Waals surface area contributed by atoms with Crippen LogP contribution in [0.25, 0.3) is 0 Å². The van der Waals surface area contributed by atoms with E-state index >= 15 is 0 Å². The summed E-state index contributed by atoms with van der Waals surface area (Å²) in [5.74, 6) is -0.266. The predicted octanol–water partition coefficient (Wildman–Crippen LogP) is 3.23. The van der Waals surface area contributed by atoms with Crippen molar-refractivity contribution in [2.75, 3.05) is 11.1 Å². The zero-order chi connectivity index (χ0) is 14.7. The van der Waals surface area contributed by atoms with Gasteiger partial charge in [-0.3, -0.25) is 4.79 Å². The highest BCUT2D eigenvalue weighted by Gasteiger charge is 2.08. The van der Waals surface area contributed by atoms with Crippen molar-refractivity contribution in [1.29, 1.82) is 0 Å². The Kier molecular flexibility index (Phi) is 4.27. The number of carbonyl (C=O) groups excluding carboxylic acids is 1. The molecule has 0 heterocycles. The van der Waals surface area contributed by atoms with Crippen molar-refractivity contribution < 1.29 is 9.90 Å². The van der Waals surface area contributed by atoms with E-state index in [4.69, 9.17) is 17.3 Å². The number of aliphatic hydroxyl groups is 1. The van der Waals surface area contributed by atoms with E-state index in [0.29, 0.717) is 22.0 Å². The van der Waals surface area contributed by atoms with Gasteiger partial charge >= 0.3 is 0 Å². The van der Waals surface area contributed by atoms with Crippen molar-refractivity contribution in [3.63, 3.8) is 0 Å². The minimum absolute atomic E-state index is 0.266. The summed E-state index contributed by atoms with van der Waals surface area (Å²) in [5, 5.41) is 12.6. The molecule has 0 bridgehead atoms. The second-order valence-electron chi connectivity index (χ2n) is 4.49. The van der Waals surface area contributed by atoms with Crippen LogP contribution in [-0.2, 0) is 0 Å². The van der Waals surface area contributed by atoms with E-state index in [1.165, 1.54) is 6.07 Å². The average Bonchev–Trinajstić information content (AvgIpc) is 2.42. The Balaban J connectivity index is 2.12. The molecule has 0 aliphatic carbocycles. The van der Waals surface area contributed by atoms with E-state index in [1.807, 2.05) is 0 Å². The Morgan fingerprint density at radius 3 is 2.45 bits per heavy atom. The topological polar surface area (TPSA) is 75.3 Å². The van der Waals surface area contributed by atoms with Gasteiger partial charge < -0.3 is 16.2 Å². The van der Waals surface area contributed by atoms with Crippen molar-refractivity contribution >= 4 is 28.9 Å². The van der Waals surface area contributed by atoms with E-state index in [9.17, 15) is 9.90 Å². The molecule has 2 aromatic carbocycles. The first kappa shape index (κ1) is 14.4. The number of hydrogen-bond acceptors (Lipinski definition) is 3. The molecule has 1 unspecified atom stereocenters. The van der Waals surface area contributed by atoms with Crippen LogP contribution in [0.1, 0.15) is 28.9 Å². The summed E-state index contributed by atoms with van der Waals surface area (Å²) < 4.78 is 0. The summed E-state index contributed by atoms with van der Waals surface area (Å²) in [6.45, 7) is 1.68. The molecular weight excluding hydrogens is 276 g/mol. The van der Waals surface area contributed by atoms with Gasteiger partial charge in [-0.05, 0) is 42.8 Å². The van der Waals surface area contributed by atoms with Gasteiger partial charge in [-0.15, -0.1) is 0 Å². The Morgan fingerprint density at radius 2 is 1.90 bits per heavy atom. The van der Waals surface area contributed by atoms with Gasteiger partial charge in [0.25, 0.3) is 5.91 Å². The van der Waals surface area contributed by atoms with Gasteiger partial charge in [-0.2, -0.15) is 0 Å². The molecule has 1 amide bonds. The minimum Gasteiger partial charge on any atom is -0.398 e. The molecule has 0 spiro atoms. The number of nitrogens with two attached hydrogens (primary N) is 1. The first-order valence-corrected chi connectivity index (χ1v) is 6.49. The van der Waals surface area contributed by atoms with Crippen LogP contribution in [0, 0.1) is 0 Å². The highest BCUT2D eigenvalue weighted by Crippen LogP contribution is 2.21. The Labute approximate surface area is 122 Å². The lowest BCUT2D eigenvalue weighted by molar-refractivity contribution is 0.102. The number of nitrogen functional groups attached to an aromatic ring is 1. The summed E-state index contributed by atoms with van der Waals surface area (Å²) in [6.07, 6.45) is -0.532. The normalized spacial score (nSPS) is 11.9. The van der Waals surface area contributed by atoms with Crippen molar-refractivity contribution in [3.8, 4) is 0 Å². The molecule has 1 atom stereocenters. The fraction of sp³-hybridized carbons (Fsp3) is 0.133. The van der Waals surface area contributed by atoms with E-state index in [-0.39, 0.29) is 5.91 Å². The number of halogens is 1. The highest BCUT2D eigenvalue weighted by molar-refractivity contribution is 6.33. The molecule has 104 valence electrons. The molecule has 2 rings (SSSR count). The lowest BCUT2D eigenvalue weighted by atomic mass is 10.1. The fourth-order valence-corrected chi connectivity index (χ4v) is 1.85. The second-order valence-corrected chi connectivity index (χ2v) is 4.90. The molecule has 0 saturated heterocycles. The molecule has 0 aliphatic rings. The molecule has 0 aromatic heterocycles. The van der Waals surface area contributed by atoms with Crippen LogP contribution in [0.4, 0.5) is 11.4 Å². The monoisotopic (exact) mass is 290 g/mol. The van der Waals surface area contributed by atoms with Crippen LogP contribution in [0.5, 0.6) is 0 Å². The maximum Gasteiger partial charge on any atom is 0.255 e. The molecule has 2 aromatic rings. The van der Waals surface area contributed by atoms with Gasteiger partial charge in [0.05, 0.1) is 16.8 Å². The van der Waals surface area contributed by atoms with Gasteiger partial charge in [-0.1, -0.05) is 23.7 Å². The van der Waals surface area contributed by atoms with Crippen molar-refractivity contribution in [2.45, 2.75) is 13.0 Å². The summed E-state index contributed by atoms with van der Waals surface area (Å²) >= 11 is 5.81. The zero-order valence-electron chi connectivity index (χ0n) is 10.9. The van der Waals surface area contributed by atoms with E-state index in [2.05, 4.69) is 5.32 Å². The Hall–Kier alpha value is -2.04. The van der Waals surface area contributed by atoms with Gasteiger partial charge in [0.2, 0.25) is 0 Å². The number of anilines is 2. The van der Waals surface area contributed by atoms with Crippen LogP contribution < -0.4 is 11.1 Å². The third kappa shape index (κ3) is 3.29. The highest BCUT2D eigenvalue weighted by atomic mass is 35.5. The molecular formula is C15H15ClN2O2. The number of carbonyl (C=O) groups is 1. The summed E-state index contributed by atoms with van der Waals surface area (Å²) in [5.41, 5.74) is 7.90. The fourth-order valence-electron chi connectivity index (χ4n) is 1.73. The molecule has 20 heavy (non-hydrogen) atoms. The average molecular weight is 291 g/mol. The molecule has 4 nitrogen and oxygen atoms in total. The third-order valence-corrected chi connectivity index (χ3v) is 3.25. The largest absolute Gasteiger partial charge is 0.398 e. The first-order chi connectivity index (χ1) is 9.47. The maximum absolute atomic E-state index is 12.0. The first-order valence-electron chi connectivity index (χ1n) is 6.12. The summed E-state index contributed by atoms with van der Waals surface area (Å²) in [7, 11) is 0. The van der Waals surface area contributed by atoms with Crippen molar-refractivity contribution in [2.24, 2.45) is 0 Å². The summed E-state index contributed by atoms with van der Waals surface area (Å²) in [6, 6.07) is 11.7. The molecule has 0 saturated carbocycles. The number of rotatable bonds is 3. The van der Waals surface area contributed by atoms with Crippen molar-refractivity contribution in [3.05, 3.63) is 58.6 Å². The molecule has 4 N–H and O–H groups in total. The van der Waals surface area contributed by atoms with Crippen LogP contribution in [-0.4, -0.2) is 11.0 Å². The van der Waals surface area contributed by atoms with Crippen LogP contribution >= 0.6 is 11.6 Å². The molecule has 0 radical (unpaired) electrons. The SMILES string of the molecule is CC(O)c1ccc(NC(=O)c2ccc(Cl)c(N)c2)cc1. The Bertz CT molecular complexity index is 624. The number of benzene rings is 2. The van der Waals surface area contributed by atoms with Crippen LogP contribution in [0.3, 0.4) is 0 Å². The standard InChI is InChI=1S/C15H15ClN2O2/c1-9(19)10-2-5-12(6-3-10)18-15(20)11-4-7-13(16)14(17)8-11/h2-9,19H,17H2,1H3,(H,18,20). The van der Waals surface area contributed by atoms with E-state index < -0.39 is 6.10 Å². The van der Waals surface area contributed by atoms with Gasteiger partial charge in [-0.25, -0.2) is 0 Å². The number of hydrogen-bond donors (Lipinski definition) is 3. The summed E-state index contributed by atoms with van der Waals surface area (Å²) in [4.78, 5) is 12.0. The van der Waals surface area contributed by atoms with Crippen LogP contribution in [0.15, 0.2) is 42.5 Å². The number of nitrogens with one attached hydrogen (secondary N) is 1. The van der Waals surface area contributed by atoms with Gasteiger partial charge in [0.1, 0.15) is 0 Å². The van der Waals surface area contributed by atoms with Gasteiger partial charge in [0.15, 0.2) is 0 Å². The smallest absolute Gasteiger partial charge is 0.255 e. The lowest BCUT2D eigenvalue weighted by Gasteiger charge is -2.08. The maximum atomic E-state index is 12.0. The van der Waals surface area contributed by atoms with Gasteiger partial charge in [0, 0.05) is 11.3 Å².